The van der Waals surface area contributed by atoms with Crippen LogP contribution in [-0.2, 0) is 0 Å². The molecule has 0 unspecified atom stereocenters. The third-order valence-electron chi connectivity index (χ3n) is 3.94. The molecule has 0 spiro atoms. The summed E-state index contributed by atoms with van der Waals surface area (Å²) < 4.78 is 14.5. The van der Waals surface area contributed by atoms with Crippen molar-refractivity contribution in [2.45, 2.75) is 23.6 Å². The van der Waals surface area contributed by atoms with Crippen molar-refractivity contribution >= 4 is 29.1 Å². The van der Waals surface area contributed by atoms with Gasteiger partial charge in [-0.25, -0.2) is 4.39 Å². The molecule has 0 aliphatic rings. The summed E-state index contributed by atoms with van der Waals surface area (Å²) in [5, 5.41) is 0.408. The van der Waals surface area contributed by atoms with Crippen LogP contribution in [0.2, 0.25) is 5.02 Å². The zero-order valence-corrected chi connectivity index (χ0v) is 15.7. The Morgan fingerprint density at radius 1 is 1.12 bits per heavy atom. The molecule has 0 aliphatic carbocycles. The topological polar surface area (TPSA) is 39.1 Å². The Hall–Kier alpha value is -2.37. The molecule has 3 nitrogen and oxygen atoms in total. The van der Waals surface area contributed by atoms with Crippen molar-refractivity contribution in [1.29, 1.82) is 0 Å². The highest BCUT2D eigenvalue weighted by Gasteiger charge is 2.18. The molecule has 0 fully saturated rings. The van der Waals surface area contributed by atoms with Gasteiger partial charge in [0.05, 0.1) is 15.6 Å². The van der Waals surface area contributed by atoms with E-state index in [1.807, 2.05) is 0 Å². The molecule has 1 heterocycles. The highest BCUT2D eigenvalue weighted by atomic mass is 35.5. The number of carbonyl (C=O) groups is 1. The third kappa shape index (κ3) is 3.59. The Labute approximate surface area is 159 Å². The average molecular weight is 388 g/mol. The first-order valence-electron chi connectivity index (χ1n) is 7.84. The number of pyridine rings is 1. The van der Waals surface area contributed by atoms with Crippen LogP contribution in [0.1, 0.15) is 22.8 Å². The standard InChI is InChI=1S/C20H15ClFNO2S/c1-12-16(13(2)24)11-23(18-6-4-3-5-17(18)21)20(25)19(12)26-15-9-7-14(22)8-10-15/h3-11H,1-2H3. The van der Waals surface area contributed by atoms with Crippen molar-refractivity contribution in [3.05, 3.63) is 87.0 Å². The van der Waals surface area contributed by atoms with Crippen molar-refractivity contribution in [3.63, 3.8) is 0 Å². The molecule has 6 heteroatoms. The number of hydrogen-bond donors (Lipinski definition) is 0. The van der Waals surface area contributed by atoms with E-state index in [9.17, 15) is 14.0 Å². The number of rotatable bonds is 4. The number of aromatic nitrogens is 1. The fraction of sp³-hybridized carbons (Fsp3) is 0.100. The Kier molecular flexibility index (Phi) is 5.30. The van der Waals surface area contributed by atoms with Crippen LogP contribution in [0.15, 0.2) is 69.3 Å². The summed E-state index contributed by atoms with van der Waals surface area (Å²) in [6.07, 6.45) is 1.52. The van der Waals surface area contributed by atoms with E-state index in [2.05, 4.69) is 0 Å². The highest BCUT2D eigenvalue weighted by molar-refractivity contribution is 7.99. The number of carbonyl (C=O) groups excluding carboxylic acids is 1. The van der Waals surface area contributed by atoms with Crippen LogP contribution >= 0.6 is 23.4 Å². The lowest BCUT2D eigenvalue weighted by Gasteiger charge is -2.15. The summed E-state index contributed by atoms with van der Waals surface area (Å²) in [4.78, 5) is 26.3. The Bertz CT molecular complexity index is 1040. The second-order valence-electron chi connectivity index (χ2n) is 5.74. The normalized spacial score (nSPS) is 10.8. The maximum atomic E-state index is 13.1. The van der Waals surface area contributed by atoms with E-state index in [0.29, 0.717) is 31.6 Å². The van der Waals surface area contributed by atoms with Gasteiger partial charge in [-0.2, -0.15) is 0 Å². The number of Topliss-reactive ketones (excluding diaryl/α,β-unsaturated/α-hetero) is 1. The molecular formula is C20H15ClFNO2S. The number of benzene rings is 2. The number of para-hydroxylation sites is 1. The SMILES string of the molecule is CC(=O)c1cn(-c2ccccc2Cl)c(=O)c(Sc2ccc(F)cc2)c1C. The summed E-state index contributed by atoms with van der Waals surface area (Å²) >= 11 is 7.44. The molecule has 3 rings (SSSR count). The van der Waals surface area contributed by atoms with Gasteiger partial charge in [-0.1, -0.05) is 35.5 Å². The Morgan fingerprint density at radius 2 is 1.77 bits per heavy atom. The number of ketones is 1. The van der Waals surface area contributed by atoms with Gasteiger partial charge in [-0.3, -0.25) is 14.2 Å². The molecule has 0 amide bonds. The lowest BCUT2D eigenvalue weighted by molar-refractivity contribution is 0.101. The Morgan fingerprint density at radius 3 is 2.38 bits per heavy atom. The van der Waals surface area contributed by atoms with E-state index in [1.54, 1.807) is 43.3 Å². The first kappa shape index (κ1) is 18.4. The lowest BCUT2D eigenvalue weighted by Crippen LogP contribution is -2.23. The van der Waals surface area contributed by atoms with Gasteiger partial charge in [-0.15, -0.1) is 0 Å². The highest BCUT2D eigenvalue weighted by Crippen LogP contribution is 2.30. The van der Waals surface area contributed by atoms with E-state index >= 15 is 0 Å². The van der Waals surface area contributed by atoms with Gasteiger partial charge >= 0.3 is 0 Å². The predicted octanol–water partition coefficient (Wildman–Crippen LogP) is 5.29. The molecule has 132 valence electrons. The molecule has 0 radical (unpaired) electrons. The zero-order chi connectivity index (χ0) is 18.8. The average Bonchev–Trinajstić information content (AvgIpc) is 2.61. The molecular weight excluding hydrogens is 373 g/mol. The van der Waals surface area contributed by atoms with Crippen LogP contribution in [0, 0.1) is 12.7 Å². The zero-order valence-electron chi connectivity index (χ0n) is 14.1. The van der Waals surface area contributed by atoms with Gasteiger partial charge < -0.3 is 0 Å². The van der Waals surface area contributed by atoms with Crippen molar-refractivity contribution < 1.29 is 9.18 Å². The monoisotopic (exact) mass is 387 g/mol. The summed E-state index contributed by atoms with van der Waals surface area (Å²) in [6, 6.07) is 12.8. The van der Waals surface area contributed by atoms with Crippen molar-refractivity contribution in [2.24, 2.45) is 0 Å². The summed E-state index contributed by atoms with van der Waals surface area (Å²) in [5.41, 5.74) is 1.26. The van der Waals surface area contributed by atoms with Crippen LogP contribution in [-0.4, -0.2) is 10.4 Å². The first-order chi connectivity index (χ1) is 12.4. The third-order valence-corrected chi connectivity index (χ3v) is 5.45. The first-order valence-corrected chi connectivity index (χ1v) is 9.03. The van der Waals surface area contributed by atoms with Crippen LogP contribution in [0.25, 0.3) is 5.69 Å². The van der Waals surface area contributed by atoms with Gasteiger partial charge in [0.1, 0.15) is 5.82 Å². The van der Waals surface area contributed by atoms with E-state index in [0.717, 1.165) is 0 Å². The van der Waals surface area contributed by atoms with Crippen LogP contribution in [0.3, 0.4) is 0 Å². The maximum absolute atomic E-state index is 13.1. The van der Waals surface area contributed by atoms with Gasteiger partial charge in [-0.05, 0) is 55.8 Å². The van der Waals surface area contributed by atoms with Gasteiger partial charge in [0.2, 0.25) is 0 Å². The molecule has 0 aliphatic heterocycles. The van der Waals surface area contributed by atoms with Gasteiger partial charge in [0.25, 0.3) is 5.56 Å². The quantitative estimate of drug-likeness (QED) is 0.571. The minimum Gasteiger partial charge on any atom is -0.294 e. The molecule has 3 aromatic rings. The van der Waals surface area contributed by atoms with Crippen molar-refractivity contribution in [1.82, 2.24) is 4.57 Å². The molecule has 0 atom stereocenters. The largest absolute Gasteiger partial charge is 0.294 e. The summed E-state index contributed by atoms with van der Waals surface area (Å²) in [6.45, 7) is 3.19. The number of halogens is 2. The number of nitrogens with zero attached hydrogens (tertiary/aromatic N) is 1. The molecule has 0 saturated carbocycles. The molecule has 1 aromatic heterocycles. The van der Waals surface area contributed by atoms with Gasteiger partial charge in [0, 0.05) is 16.7 Å². The van der Waals surface area contributed by atoms with Crippen LogP contribution in [0.5, 0.6) is 0 Å². The molecule has 26 heavy (non-hydrogen) atoms. The van der Waals surface area contributed by atoms with Gasteiger partial charge in [0.15, 0.2) is 5.78 Å². The maximum Gasteiger partial charge on any atom is 0.269 e. The summed E-state index contributed by atoms with van der Waals surface area (Å²) in [5.74, 6) is -0.499. The lowest BCUT2D eigenvalue weighted by atomic mass is 10.1. The molecule has 2 aromatic carbocycles. The second kappa shape index (κ2) is 7.48. The minimum absolute atomic E-state index is 0.149. The minimum atomic E-state index is -0.350. The smallest absolute Gasteiger partial charge is 0.269 e. The predicted molar refractivity (Wildman–Crippen MR) is 102 cm³/mol. The second-order valence-corrected chi connectivity index (χ2v) is 7.23. The number of hydrogen-bond acceptors (Lipinski definition) is 3. The van der Waals surface area contributed by atoms with Crippen LogP contribution in [0.4, 0.5) is 4.39 Å². The fourth-order valence-corrected chi connectivity index (χ4v) is 3.78. The molecule has 0 N–H and O–H groups in total. The van der Waals surface area contributed by atoms with E-state index in [1.165, 1.54) is 41.6 Å². The van der Waals surface area contributed by atoms with Crippen LogP contribution < -0.4 is 5.56 Å². The van der Waals surface area contributed by atoms with E-state index in [-0.39, 0.29) is 17.2 Å². The summed E-state index contributed by atoms with van der Waals surface area (Å²) in [7, 11) is 0. The van der Waals surface area contributed by atoms with E-state index < -0.39 is 0 Å². The Balaban J connectivity index is 2.23. The van der Waals surface area contributed by atoms with E-state index in [4.69, 9.17) is 11.6 Å². The van der Waals surface area contributed by atoms with Crippen molar-refractivity contribution in [3.8, 4) is 5.69 Å². The molecule has 0 bridgehead atoms. The van der Waals surface area contributed by atoms with Crippen molar-refractivity contribution in [2.75, 3.05) is 0 Å². The fourth-order valence-electron chi connectivity index (χ4n) is 2.60. The molecule has 0 saturated heterocycles.